The molecule has 9 heteroatoms. The molecule has 0 spiro atoms. The zero-order chi connectivity index (χ0) is 18.9. The quantitative estimate of drug-likeness (QED) is 0.787. The average Bonchev–Trinajstić information content (AvgIpc) is 3.08. The third-order valence-corrected chi connectivity index (χ3v) is 8.82. The van der Waals surface area contributed by atoms with E-state index in [1.165, 1.54) is 15.6 Å². The number of thiophene rings is 1. The Bertz CT molecular complexity index is 751. The predicted octanol–water partition coefficient (Wildman–Crippen LogP) is 2.61. The second-order valence-electron chi connectivity index (χ2n) is 7.52. The number of nitrogens with two attached hydrogens (primary N) is 1. The van der Waals surface area contributed by atoms with Gasteiger partial charge in [-0.1, -0.05) is 0 Å². The lowest BCUT2D eigenvalue weighted by Crippen LogP contribution is -2.55. The fourth-order valence-corrected chi connectivity index (χ4v) is 7.01. The van der Waals surface area contributed by atoms with E-state index in [0.29, 0.717) is 10.8 Å². The van der Waals surface area contributed by atoms with Gasteiger partial charge in [-0.05, 0) is 58.1 Å². The summed E-state index contributed by atoms with van der Waals surface area (Å²) in [4.78, 5) is 16.0. The maximum absolute atomic E-state index is 13.1. The number of carbonyl (C=O) groups is 1. The molecular formula is C18H30ClN3O3S2. The molecule has 2 aliphatic rings. The van der Waals surface area contributed by atoms with E-state index in [0.717, 1.165) is 43.5 Å². The summed E-state index contributed by atoms with van der Waals surface area (Å²) in [5.41, 5.74) is 6.10. The van der Waals surface area contributed by atoms with Gasteiger partial charge in [0.05, 0.1) is 5.92 Å². The maximum Gasteiger partial charge on any atom is 0.252 e. The average molecular weight is 436 g/mol. The molecule has 6 nitrogen and oxygen atoms in total. The van der Waals surface area contributed by atoms with E-state index < -0.39 is 10.0 Å². The summed E-state index contributed by atoms with van der Waals surface area (Å²) in [6, 6.07) is 3.50. The van der Waals surface area contributed by atoms with Crippen LogP contribution in [0.2, 0.25) is 0 Å². The highest BCUT2D eigenvalue weighted by molar-refractivity contribution is 7.91. The van der Waals surface area contributed by atoms with Crippen LogP contribution in [-0.4, -0.2) is 55.2 Å². The molecule has 3 atom stereocenters. The number of amides is 1. The molecular weight excluding hydrogens is 406 g/mol. The van der Waals surface area contributed by atoms with Crippen molar-refractivity contribution in [3.05, 3.63) is 17.0 Å². The maximum atomic E-state index is 13.1. The highest BCUT2D eigenvalue weighted by Crippen LogP contribution is 2.30. The van der Waals surface area contributed by atoms with Gasteiger partial charge in [0, 0.05) is 36.6 Å². The fraction of sp³-hybridized carbons (Fsp3) is 0.722. The first-order valence-electron chi connectivity index (χ1n) is 9.43. The van der Waals surface area contributed by atoms with Gasteiger partial charge in [0.25, 0.3) is 10.0 Å². The molecule has 2 N–H and O–H groups in total. The van der Waals surface area contributed by atoms with Gasteiger partial charge in [0.1, 0.15) is 4.21 Å². The molecule has 1 aromatic heterocycles. The van der Waals surface area contributed by atoms with Crippen LogP contribution in [0.5, 0.6) is 0 Å². The predicted molar refractivity (Wildman–Crippen MR) is 111 cm³/mol. The van der Waals surface area contributed by atoms with Crippen LogP contribution in [0.3, 0.4) is 0 Å². The van der Waals surface area contributed by atoms with Gasteiger partial charge in [0.15, 0.2) is 0 Å². The van der Waals surface area contributed by atoms with Gasteiger partial charge in [-0.15, -0.1) is 23.7 Å². The van der Waals surface area contributed by atoms with Crippen LogP contribution in [0, 0.1) is 12.8 Å². The molecule has 0 aliphatic carbocycles. The standard InChI is InChI=1S/C18H29N3O3S2.ClH/c1-13-8-9-17(25-13)26(23,24)20-10-5-6-15(12-20)18(22)21-11-4-3-7-16(21)14(2)19;/h8-9,14-16H,3-7,10-12,19H2,1-2H3;1H. The topological polar surface area (TPSA) is 83.7 Å². The SMILES string of the molecule is Cc1ccc(S(=O)(=O)N2CCCC(C(=O)N3CCCCC3C(C)N)C2)s1.Cl. The van der Waals surface area contributed by atoms with Gasteiger partial charge < -0.3 is 10.6 Å². The minimum Gasteiger partial charge on any atom is -0.338 e. The number of hydrogen-bond acceptors (Lipinski definition) is 5. The molecule has 0 bridgehead atoms. The monoisotopic (exact) mass is 435 g/mol. The first-order valence-corrected chi connectivity index (χ1v) is 11.7. The summed E-state index contributed by atoms with van der Waals surface area (Å²) in [5, 5.41) is 0. The van der Waals surface area contributed by atoms with E-state index in [1.807, 2.05) is 24.8 Å². The molecule has 1 aromatic rings. The van der Waals surface area contributed by atoms with Crippen molar-refractivity contribution < 1.29 is 13.2 Å². The Hall–Kier alpha value is -0.670. The minimum absolute atomic E-state index is 0. The van der Waals surface area contributed by atoms with E-state index in [2.05, 4.69) is 0 Å². The third kappa shape index (κ3) is 4.85. The molecule has 0 aromatic carbocycles. The van der Waals surface area contributed by atoms with Crippen LogP contribution < -0.4 is 5.73 Å². The summed E-state index contributed by atoms with van der Waals surface area (Å²) in [5.74, 6) is -0.187. The second kappa shape index (κ2) is 9.22. The lowest BCUT2D eigenvalue weighted by atomic mass is 9.92. The molecule has 3 unspecified atom stereocenters. The Morgan fingerprint density at radius 2 is 1.96 bits per heavy atom. The van der Waals surface area contributed by atoms with Crippen molar-refractivity contribution in [2.24, 2.45) is 11.7 Å². The number of likely N-dealkylation sites (tertiary alicyclic amines) is 1. The third-order valence-electron chi connectivity index (χ3n) is 5.48. The van der Waals surface area contributed by atoms with Gasteiger partial charge in [-0.3, -0.25) is 4.79 Å². The van der Waals surface area contributed by atoms with E-state index in [4.69, 9.17) is 5.73 Å². The van der Waals surface area contributed by atoms with Gasteiger partial charge in [0.2, 0.25) is 5.91 Å². The molecule has 2 aliphatic heterocycles. The molecule has 2 saturated heterocycles. The Morgan fingerprint density at radius 1 is 1.22 bits per heavy atom. The summed E-state index contributed by atoms with van der Waals surface area (Å²) in [6.45, 7) is 5.35. The Balaban J connectivity index is 0.00000261. The highest BCUT2D eigenvalue weighted by atomic mass is 35.5. The Kier molecular flexibility index (Phi) is 7.72. The smallest absolute Gasteiger partial charge is 0.252 e. The molecule has 27 heavy (non-hydrogen) atoms. The van der Waals surface area contributed by atoms with Crippen molar-refractivity contribution in [2.45, 2.75) is 62.2 Å². The summed E-state index contributed by atoms with van der Waals surface area (Å²) in [6.07, 6.45) is 4.50. The molecule has 0 saturated carbocycles. The minimum atomic E-state index is -3.51. The number of sulfonamides is 1. The first kappa shape index (κ1) is 22.6. The molecule has 0 radical (unpaired) electrons. The zero-order valence-electron chi connectivity index (χ0n) is 16.0. The Labute approximate surface area is 172 Å². The van der Waals surface area contributed by atoms with E-state index >= 15 is 0 Å². The largest absolute Gasteiger partial charge is 0.338 e. The number of aryl methyl sites for hydroxylation is 1. The number of hydrogen-bond donors (Lipinski definition) is 1. The summed E-state index contributed by atoms with van der Waals surface area (Å²) < 4.78 is 27.7. The number of halogens is 1. The van der Waals surface area contributed by atoms with Gasteiger partial charge in [-0.25, -0.2) is 8.42 Å². The molecule has 2 fully saturated rings. The van der Waals surface area contributed by atoms with Crippen molar-refractivity contribution in [1.82, 2.24) is 9.21 Å². The van der Waals surface area contributed by atoms with Crippen molar-refractivity contribution in [3.8, 4) is 0 Å². The van der Waals surface area contributed by atoms with E-state index in [9.17, 15) is 13.2 Å². The zero-order valence-corrected chi connectivity index (χ0v) is 18.4. The van der Waals surface area contributed by atoms with E-state index in [-0.39, 0.29) is 42.9 Å². The van der Waals surface area contributed by atoms with Crippen LogP contribution in [-0.2, 0) is 14.8 Å². The van der Waals surface area contributed by atoms with Crippen LogP contribution in [0.1, 0.15) is 43.9 Å². The number of nitrogens with zero attached hydrogens (tertiary/aromatic N) is 2. The summed E-state index contributed by atoms with van der Waals surface area (Å²) >= 11 is 1.29. The second-order valence-corrected chi connectivity index (χ2v) is 11.0. The van der Waals surface area contributed by atoms with Crippen LogP contribution in [0.25, 0.3) is 0 Å². The number of piperidine rings is 2. The summed E-state index contributed by atoms with van der Waals surface area (Å²) in [7, 11) is -3.51. The lowest BCUT2D eigenvalue weighted by molar-refractivity contribution is -0.141. The lowest BCUT2D eigenvalue weighted by Gasteiger charge is -2.41. The van der Waals surface area contributed by atoms with Crippen LogP contribution in [0.4, 0.5) is 0 Å². The Morgan fingerprint density at radius 3 is 2.59 bits per heavy atom. The fourth-order valence-electron chi connectivity index (χ4n) is 4.05. The molecule has 1 amide bonds. The molecule has 154 valence electrons. The highest BCUT2D eigenvalue weighted by Gasteiger charge is 2.38. The van der Waals surface area contributed by atoms with Crippen molar-refractivity contribution >= 4 is 39.7 Å². The van der Waals surface area contributed by atoms with Crippen molar-refractivity contribution in [1.29, 1.82) is 0 Å². The van der Waals surface area contributed by atoms with E-state index in [1.54, 1.807) is 6.07 Å². The van der Waals surface area contributed by atoms with Crippen molar-refractivity contribution in [3.63, 3.8) is 0 Å². The normalized spacial score (nSPS) is 25.7. The van der Waals surface area contributed by atoms with Gasteiger partial charge >= 0.3 is 0 Å². The molecule has 3 heterocycles. The first-order chi connectivity index (χ1) is 12.3. The number of rotatable bonds is 4. The van der Waals surface area contributed by atoms with Gasteiger partial charge in [-0.2, -0.15) is 4.31 Å². The number of carbonyl (C=O) groups excluding carboxylic acids is 1. The molecule has 3 rings (SSSR count). The van der Waals surface area contributed by atoms with Crippen LogP contribution in [0.15, 0.2) is 16.3 Å². The van der Waals surface area contributed by atoms with Crippen LogP contribution >= 0.6 is 23.7 Å². The van der Waals surface area contributed by atoms with Crippen molar-refractivity contribution in [2.75, 3.05) is 19.6 Å².